The standard InChI is InChI=1S/C18H23N5O2/c1-3-6-16(24)23-10-9-22-12-15(21-17(22)13(23)2)18(25)20-11-14-7-4-5-8-19-14/h4-5,7-8,12-13H,3,6,9-11H2,1-2H3,(H,20,25)/t13-/m1/s1. The quantitative estimate of drug-likeness (QED) is 0.901. The van der Waals surface area contributed by atoms with Crippen molar-refractivity contribution in [2.75, 3.05) is 6.54 Å². The molecule has 7 heteroatoms. The van der Waals surface area contributed by atoms with Gasteiger partial charge in [-0.25, -0.2) is 4.98 Å². The monoisotopic (exact) mass is 341 g/mol. The van der Waals surface area contributed by atoms with E-state index in [1.807, 2.05) is 41.5 Å². The maximum atomic E-state index is 12.4. The van der Waals surface area contributed by atoms with Crippen molar-refractivity contribution in [3.8, 4) is 0 Å². The molecule has 2 aromatic rings. The van der Waals surface area contributed by atoms with Crippen LogP contribution in [0, 0.1) is 0 Å². The average Bonchev–Trinajstić information content (AvgIpc) is 3.06. The number of hydrogen-bond donors (Lipinski definition) is 1. The highest BCUT2D eigenvalue weighted by Gasteiger charge is 2.30. The number of pyridine rings is 1. The minimum atomic E-state index is -0.230. The Morgan fingerprint density at radius 1 is 1.32 bits per heavy atom. The number of carbonyl (C=O) groups is 2. The molecule has 7 nitrogen and oxygen atoms in total. The highest BCUT2D eigenvalue weighted by atomic mass is 16.2. The first-order valence-electron chi connectivity index (χ1n) is 8.64. The molecule has 1 N–H and O–H groups in total. The predicted molar refractivity (Wildman–Crippen MR) is 92.7 cm³/mol. The predicted octanol–water partition coefficient (Wildman–Crippen LogP) is 1.91. The maximum absolute atomic E-state index is 12.4. The van der Waals surface area contributed by atoms with E-state index >= 15 is 0 Å². The molecule has 132 valence electrons. The zero-order chi connectivity index (χ0) is 17.8. The minimum absolute atomic E-state index is 0.120. The van der Waals surface area contributed by atoms with Gasteiger partial charge in [0.2, 0.25) is 5.91 Å². The molecule has 25 heavy (non-hydrogen) atoms. The Kier molecular flexibility index (Phi) is 5.11. The number of aromatic nitrogens is 3. The molecule has 1 aliphatic rings. The minimum Gasteiger partial charge on any atom is -0.345 e. The van der Waals surface area contributed by atoms with E-state index in [0.29, 0.717) is 31.7 Å². The summed E-state index contributed by atoms with van der Waals surface area (Å²) in [5, 5.41) is 2.84. The number of nitrogens with zero attached hydrogens (tertiary/aromatic N) is 4. The maximum Gasteiger partial charge on any atom is 0.271 e. The second-order valence-corrected chi connectivity index (χ2v) is 6.19. The smallest absolute Gasteiger partial charge is 0.271 e. The average molecular weight is 341 g/mol. The number of carbonyl (C=O) groups excluding carboxylic acids is 2. The van der Waals surface area contributed by atoms with E-state index in [1.165, 1.54) is 0 Å². The number of rotatable bonds is 5. The number of nitrogens with one attached hydrogen (secondary N) is 1. The molecule has 0 aliphatic carbocycles. The van der Waals surface area contributed by atoms with Gasteiger partial charge in [0, 0.05) is 31.9 Å². The second-order valence-electron chi connectivity index (χ2n) is 6.19. The lowest BCUT2D eigenvalue weighted by atomic mass is 10.2. The van der Waals surface area contributed by atoms with Gasteiger partial charge in [-0.05, 0) is 25.5 Å². The van der Waals surface area contributed by atoms with Crippen molar-refractivity contribution in [2.24, 2.45) is 0 Å². The third-order valence-electron chi connectivity index (χ3n) is 4.40. The van der Waals surface area contributed by atoms with Gasteiger partial charge in [0.05, 0.1) is 18.3 Å². The van der Waals surface area contributed by atoms with Crippen LogP contribution in [0.25, 0.3) is 0 Å². The topological polar surface area (TPSA) is 80.1 Å². The summed E-state index contributed by atoms with van der Waals surface area (Å²) in [6, 6.07) is 5.46. The van der Waals surface area contributed by atoms with Crippen molar-refractivity contribution in [1.29, 1.82) is 0 Å². The lowest BCUT2D eigenvalue weighted by Gasteiger charge is -2.33. The van der Waals surface area contributed by atoms with Crippen LogP contribution < -0.4 is 5.32 Å². The van der Waals surface area contributed by atoms with E-state index in [1.54, 1.807) is 12.4 Å². The first kappa shape index (κ1) is 17.1. The van der Waals surface area contributed by atoms with Gasteiger partial charge in [-0.15, -0.1) is 0 Å². The van der Waals surface area contributed by atoms with Gasteiger partial charge in [-0.2, -0.15) is 0 Å². The first-order valence-corrected chi connectivity index (χ1v) is 8.64. The number of imidazole rings is 1. The van der Waals surface area contributed by atoms with Crippen LogP contribution in [0.3, 0.4) is 0 Å². The molecule has 1 aliphatic heterocycles. The largest absolute Gasteiger partial charge is 0.345 e. The zero-order valence-corrected chi connectivity index (χ0v) is 14.6. The van der Waals surface area contributed by atoms with Gasteiger partial charge in [0.25, 0.3) is 5.91 Å². The van der Waals surface area contributed by atoms with Gasteiger partial charge in [0.1, 0.15) is 11.5 Å². The molecule has 0 saturated carbocycles. The third kappa shape index (κ3) is 3.70. The van der Waals surface area contributed by atoms with Gasteiger partial charge in [0.15, 0.2) is 0 Å². The van der Waals surface area contributed by atoms with E-state index in [9.17, 15) is 9.59 Å². The number of hydrogen-bond acceptors (Lipinski definition) is 4. The molecule has 0 spiro atoms. The SMILES string of the molecule is CCCC(=O)N1CCn2cc(C(=O)NCc3ccccn3)nc2[C@H]1C. The van der Waals surface area contributed by atoms with Crippen LogP contribution in [0.5, 0.6) is 0 Å². The van der Waals surface area contributed by atoms with E-state index < -0.39 is 0 Å². The molecular weight excluding hydrogens is 318 g/mol. The summed E-state index contributed by atoms with van der Waals surface area (Å²) in [6.45, 7) is 5.63. The van der Waals surface area contributed by atoms with Crippen molar-refractivity contribution in [3.63, 3.8) is 0 Å². The van der Waals surface area contributed by atoms with Crippen molar-refractivity contribution in [2.45, 2.75) is 45.8 Å². The summed E-state index contributed by atoms with van der Waals surface area (Å²) in [4.78, 5) is 35.1. The van der Waals surface area contributed by atoms with Crippen molar-refractivity contribution in [1.82, 2.24) is 24.8 Å². The summed E-state index contributed by atoms with van der Waals surface area (Å²) in [6.07, 6.45) is 4.84. The lowest BCUT2D eigenvalue weighted by molar-refractivity contribution is -0.134. The highest BCUT2D eigenvalue weighted by molar-refractivity contribution is 5.92. The molecular formula is C18H23N5O2. The van der Waals surface area contributed by atoms with E-state index in [0.717, 1.165) is 17.9 Å². The zero-order valence-electron chi connectivity index (χ0n) is 14.6. The Balaban J connectivity index is 1.69. The summed E-state index contributed by atoms with van der Waals surface area (Å²) in [7, 11) is 0. The third-order valence-corrected chi connectivity index (χ3v) is 4.40. The van der Waals surface area contributed by atoms with Crippen LogP contribution in [-0.4, -0.2) is 37.8 Å². The van der Waals surface area contributed by atoms with Crippen LogP contribution in [-0.2, 0) is 17.9 Å². The normalized spacial score (nSPS) is 16.4. The summed E-state index contributed by atoms with van der Waals surface area (Å²) >= 11 is 0. The Hall–Kier alpha value is -2.70. The number of amides is 2. The number of fused-ring (bicyclic) bond motifs is 1. The van der Waals surface area contributed by atoms with Gasteiger partial charge >= 0.3 is 0 Å². The van der Waals surface area contributed by atoms with Crippen LogP contribution in [0.4, 0.5) is 0 Å². The Morgan fingerprint density at radius 3 is 2.88 bits per heavy atom. The fraction of sp³-hybridized carbons (Fsp3) is 0.444. The fourth-order valence-corrected chi connectivity index (χ4v) is 3.06. The van der Waals surface area contributed by atoms with Crippen molar-refractivity contribution < 1.29 is 9.59 Å². The molecule has 3 heterocycles. The van der Waals surface area contributed by atoms with Crippen molar-refractivity contribution in [3.05, 3.63) is 47.8 Å². The molecule has 0 fully saturated rings. The van der Waals surface area contributed by atoms with E-state index in [-0.39, 0.29) is 17.9 Å². The molecule has 2 amide bonds. The molecule has 0 unspecified atom stereocenters. The van der Waals surface area contributed by atoms with Gasteiger partial charge < -0.3 is 14.8 Å². The second kappa shape index (κ2) is 7.46. The van der Waals surface area contributed by atoms with Gasteiger partial charge in [-0.1, -0.05) is 13.0 Å². The van der Waals surface area contributed by atoms with Gasteiger partial charge in [-0.3, -0.25) is 14.6 Å². The fourth-order valence-electron chi connectivity index (χ4n) is 3.06. The summed E-state index contributed by atoms with van der Waals surface area (Å²) < 4.78 is 1.97. The van der Waals surface area contributed by atoms with Crippen molar-refractivity contribution >= 4 is 11.8 Å². The molecule has 0 saturated heterocycles. The van der Waals surface area contributed by atoms with Crippen LogP contribution in [0.2, 0.25) is 0 Å². The summed E-state index contributed by atoms with van der Waals surface area (Å²) in [5.41, 5.74) is 1.17. The van der Waals surface area contributed by atoms with Crippen LogP contribution >= 0.6 is 0 Å². The Labute approximate surface area is 147 Å². The Morgan fingerprint density at radius 2 is 2.16 bits per heavy atom. The lowest BCUT2D eigenvalue weighted by Crippen LogP contribution is -2.40. The van der Waals surface area contributed by atoms with Crippen LogP contribution in [0.15, 0.2) is 30.6 Å². The highest BCUT2D eigenvalue weighted by Crippen LogP contribution is 2.25. The summed E-state index contributed by atoms with van der Waals surface area (Å²) in [5.74, 6) is 0.676. The van der Waals surface area contributed by atoms with Crippen LogP contribution in [0.1, 0.15) is 54.7 Å². The molecule has 0 bridgehead atoms. The first-order chi connectivity index (χ1) is 12.1. The molecule has 0 aromatic carbocycles. The Bertz CT molecular complexity index is 756. The molecule has 1 atom stereocenters. The molecule has 3 rings (SSSR count). The molecule has 0 radical (unpaired) electrons. The van der Waals surface area contributed by atoms with E-state index in [4.69, 9.17) is 0 Å². The molecule has 2 aromatic heterocycles. The van der Waals surface area contributed by atoms with E-state index in [2.05, 4.69) is 15.3 Å².